The Balaban J connectivity index is 2.35. The molecule has 0 aliphatic carbocycles. The lowest BCUT2D eigenvalue weighted by molar-refractivity contribution is 0.0639. The van der Waals surface area contributed by atoms with Crippen molar-refractivity contribution in [3.63, 3.8) is 0 Å². The summed E-state index contributed by atoms with van der Waals surface area (Å²) in [4.78, 5) is 0. The van der Waals surface area contributed by atoms with E-state index >= 15 is 0 Å². The number of aliphatic hydroxyl groups is 1. The minimum Gasteiger partial charge on any atom is -0.490 e. The van der Waals surface area contributed by atoms with Crippen LogP contribution in [0.15, 0.2) is 18.2 Å². The first-order valence-corrected chi connectivity index (χ1v) is 4.85. The van der Waals surface area contributed by atoms with Crippen LogP contribution < -0.4 is 4.74 Å². The molecule has 1 unspecified atom stereocenters. The van der Waals surface area contributed by atoms with Crippen LogP contribution in [-0.2, 0) is 0 Å². The molecule has 0 amide bonds. The largest absolute Gasteiger partial charge is 0.490 e. The van der Waals surface area contributed by atoms with E-state index in [0.29, 0.717) is 17.7 Å². The Morgan fingerprint density at radius 2 is 2.36 bits per heavy atom. The van der Waals surface area contributed by atoms with Gasteiger partial charge in [0.15, 0.2) is 0 Å². The SMILES string of the molecule is CCC1C[C@@H](O)c2cc(F)ccc2O1. The van der Waals surface area contributed by atoms with Crippen molar-refractivity contribution in [2.75, 3.05) is 0 Å². The van der Waals surface area contributed by atoms with Crippen molar-refractivity contribution in [1.82, 2.24) is 0 Å². The summed E-state index contributed by atoms with van der Waals surface area (Å²) in [6.45, 7) is 2.01. The van der Waals surface area contributed by atoms with Crippen molar-refractivity contribution in [1.29, 1.82) is 0 Å². The summed E-state index contributed by atoms with van der Waals surface area (Å²) in [5.41, 5.74) is 0.565. The summed E-state index contributed by atoms with van der Waals surface area (Å²) in [6.07, 6.45) is 0.850. The fraction of sp³-hybridized carbons (Fsp3) is 0.455. The molecular formula is C11H13FO2. The van der Waals surface area contributed by atoms with Crippen molar-refractivity contribution in [2.45, 2.75) is 32.0 Å². The minimum absolute atomic E-state index is 0.0444. The summed E-state index contributed by atoms with van der Waals surface area (Å²) in [5.74, 6) is 0.276. The van der Waals surface area contributed by atoms with Crippen LogP contribution in [0.25, 0.3) is 0 Å². The highest BCUT2D eigenvalue weighted by Gasteiger charge is 2.25. The van der Waals surface area contributed by atoms with E-state index in [1.165, 1.54) is 12.1 Å². The Morgan fingerprint density at radius 1 is 1.57 bits per heavy atom. The second-order valence-corrected chi connectivity index (χ2v) is 3.58. The van der Waals surface area contributed by atoms with E-state index in [1.54, 1.807) is 6.07 Å². The van der Waals surface area contributed by atoms with E-state index in [0.717, 1.165) is 6.42 Å². The summed E-state index contributed by atoms with van der Waals surface area (Å²) in [6, 6.07) is 4.27. The average molecular weight is 196 g/mol. The molecule has 1 heterocycles. The highest BCUT2D eigenvalue weighted by molar-refractivity contribution is 5.37. The summed E-state index contributed by atoms with van der Waals surface area (Å²) < 4.78 is 18.5. The van der Waals surface area contributed by atoms with Crippen molar-refractivity contribution in [3.8, 4) is 5.75 Å². The van der Waals surface area contributed by atoms with E-state index in [-0.39, 0.29) is 11.9 Å². The zero-order valence-corrected chi connectivity index (χ0v) is 8.03. The van der Waals surface area contributed by atoms with Gasteiger partial charge in [0, 0.05) is 12.0 Å². The number of rotatable bonds is 1. The molecule has 0 radical (unpaired) electrons. The number of hydrogen-bond acceptors (Lipinski definition) is 2. The minimum atomic E-state index is -0.598. The maximum Gasteiger partial charge on any atom is 0.125 e. The van der Waals surface area contributed by atoms with Crippen molar-refractivity contribution < 1.29 is 14.2 Å². The number of aliphatic hydroxyl groups excluding tert-OH is 1. The molecule has 0 saturated heterocycles. The van der Waals surface area contributed by atoms with E-state index in [2.05, 4.69) is 0 Å². The topological polar surface area (TPSA) is 29.5 Å². The average Bonchev–Trinajstić information content (AvgIpc) is 2.19. The Bertz CT molecular complexity index is 338. The zero-order valence-electron chi connectivity index (χ0n) is 8.03. The Kier molecular flexibility index (Phi) is 2.42. The molecule has 1 aromatic carbocycles. The predicted molar refractivity (Wildman–Crippen MR) is 50.7 cm³/mol. The van der Waals surface area contributed by atoms with Gasteiger partial charge in [0.05, 0.1) is 6.10 Å². The molecule has 1 aliphatic rings. The number of ether oxygens (including phenoxy) is 1. The first-order chi connectivity index (χ1) is 6.70. The lowest BCUT2D eigenvalue weighted by Gasteiger charge is -2.28. The Morgan fingerprint density at radius 3 is 3.07 bits per heavy atom. The van der Waals surface area contributed by atoms with Crippen LogP contribution in [0.3, 0.4) is 0 Å². The van der Waals surface area contributed by atoms with Crippen molar-refractivity contribution >= 4 is 0 Å². The van der Waals surface area contributed by atoms with Crippen LogP contribution in [0, 0.1) is 5.82 Å². The lowest BCUT2D eigenvalue weighted by Crippen LogP contribution is -2.24. The van der Waals surface area contributed by atoms with Gasteiger partial charge in [-0.2, -0.15) is 0 Å². The van der Waals surface area contributed by atoms with E-state index in [9.17, 15) is 9.50 Å². The maximum absolute atomic E-state index is 12.9. The van der Waals surface area contributed by atoms with Gasteiger partial charge < -0.3 is 9.84 Å². The number of halogens is 1. The maximum atomic E-state index is 12.9. The molecule has 0 bridgehead atoms. The molecule has 1 N–H and O–H groups in total. The van der Waals surface area contributed by atoms with E-state index < -0.39 is 6.10 Å². The summed E-state index contributed by atoms with van der Waals surface area (Å²) in [5, 5.41) is 9.74. The number of benzene rings is 1. The highest BCUT2D eigenvalue weighted by atomic mass is 19.1. The van der Waals surface area contributed by atoms with E-state index in [1.807, 2.05) is 6.92 Å². The first kappa shape index (κ1) is 9.46. The van der Waals surface area contributed by atoms with Gasteiger partial charge in [0.1, 0.15) is 17.7 Å². The Hall–Kier alpha value is -1.09. The van der Waals surface area contributed by atoms with Gasteiger partial charge in [0.2, 0.25) is 0 Å². The second-order valence-electron chi connectivity index (χ2n) is 3.58. The molecule has 0 spiro atoms. The normalized spacial score (nSPS) is 25.4. The molecule has 0 saturated carbocycles. The van der Waals surface area contributed by atoms with Gasteiger partial charge in [-0.3, -0.25) is 0 Å². The molecule has 76 valence electrons. The van der Waals surface area contributed by atoms with Gasteiger partial charge in [-0.25, -0.2) is 4.39 Å². The molecule has 2 atom stereocenters. The van der Waals surface area contributed by atoms with Gasteiger partial charge in [-0.15, -0.1) is 0 Å². The standard InChI is InChI=1S/C11H13FO2/c1-2-8-6-10(13)9-5-7(12)3-4-11(9)14-8/h3-5,8,10,13H,2,6H2,1H3/t8?,10-/m1/s1. The molecule has 1 aromatic rings. The molecule has 3 heteroatoms. The lowest BCUT2D eigenvalue weighted by atomic mass is 9.98. The van der Waals surface area contributed by atoms with Gasteiger partial charge in [0.25, 0.3) is 0 Å². The van der Waals surface area contributed by atoms with E-state index in [4.69, 9.17) is 4.74 Å². The Labute approximate surface area is 82.3 Å². The van der Waals surface area contributed by atoms with Crippen LogP contribution in [0.5, 0.6) is 5.75 Å². The third-order valence-electron chi connectivity index (χ3n) is 2.57. The van der Waals surface area contributed by atoms with Crippen LogP contribution in [-0.4, -0.2) is 11.2 Å². The molecule has 2 nitrogen and oxygen atoms in total. The second kappa shape index (κ2) is 3.58. The molecule has 0 fully saturated rings. The summed E-state index contributed by atoms with van der Waals surface area (Å²) in [7, 11) is 0. The van der Waals surface area contributed by atoms with Gasteiger partial charge >= 0.3 is 0 Å². The highest BCUT2D eigenvalue weighted by Crippen LogP contribution is 2.35. The predicted octanol–water partition coefficient (Wildman–Crippen LogP) is 2.42. The molecule has 1 aliphatic heterocycles. The third-order valence-corrected chi connectivity index (χ3v) is 2.57. The molecule has 2 rings (SSSR count). The first-order valence-electron chi connectivity index (χ1n) is 4.85. The smallest absolute Gasteiger partial charge is 0.125 e. The van der Waals surface area contributed by atoms with Gasteiger partial charge in [-0.05, 0) is 24.6 Å². The molecule has 0 aromatic heterocycles. The van der Waals surface area contributed by atoms with Crippen molar-refractivity contribution in [3.05, 3.63) is 29.6 Å². The number of fused-ring (bicyclic) bond motifs is 1. The van der Waals surface area contributed by atoms with Crippen LogP contribution in [0.2, 0.25) is 0 Å². The third kappa shape index (κ3) is 1.60. The zero-order chi connectivity index (χ0) is 10.1. The fourth-order valence-electron chi connectivity index (χ4n) is 1.74. The van der Waals surface area contributed by atoms with Gasteiger partial charge in [-0.1, -0.05) is 6.92 Å². The van der Waals surface area contributed by atoms with Crippen LogP contribution >= 0.6 is 0 Å². The summed E-state index contributed by atoms with van der Waals surface area (Å²) >= 11 is 0. The fourth-order valence-corrected chi connectivity index (χ4v) is 1.74. The van der Waals surface area contributed by atoms with Crippen LogP contribution in [0.1, 0.15) is 31.4 Å². The van der Waals surface area contributed by atoms with Crippen LogP contribution in [0.4, 0.5) is 4.39 Å². The quantitative estimate of drug-likeness (QED) is 0.747. The van der Waals surface area contributed by atoms with Crippen molar-refractivity contribution in [2.24, 2.45) is 0 Å². The molecule has 14 heavy (non-hydrogen) atoms. The number of hydrogen-bond donors (Lipinski definition) is 1. The molecular weight excluding hydrogens is 183 g/mol. The monoisotopic (exact) mass is 196 g/mol.